The van der Waals surface area contributed by atoms with E-state index in [9.17, 15) is 19.8 Å². The Morgan fingerprint density at radius 1 is 1.19 bits per heavy atom. The van der Waals surface area contributed by atoms with E-state index in [1.54, 1.807) is 4.90 Å². The number of piperidine rings is 1. The maximum absolute atomic E-state index is 12.9. The lowest BCUT2D eigenvalue weighted by Gasteiger charge is -2.43. The number of carbonyl (C=O) groups excluding carboxylic acids is 1. The summed E-state index contributed by atoms with van der Waals surface area (Å²) in [7, 11) is 0. The Balaban J connectivity index is 1.82. The number of hydrogen-bond donors (Lipinski definition) is 2. The topological polar surface area (TPSA) is 77.8 Å². The highest BCUT2D eigenvalue weighted by molar-refractivity contribution is 5.90. The molecule has 0 aliphatic carbocycles. The molecule has 5 heteroatoms. The first-order valence-corrected chi connectivity index (χ1v) is 9.14. The molecule has 5 nitrogen and oxygen atoms in total. The molecule has 0 aromatic heterocycles. The van der Waals surface area contributed by atoms with Crippen molar-refractivity contribution >= 4 is 22.6 Å². The van der Waals surface area contributed by atoms with Crippen LogP contribution in [0.25, 0.3) is 10.8 Å². The van der Waals surface area contributed by atoms with Gasteiger partial charge in [0.15, 0.2) is 0 Å². The van der Waals surface area contributed by atoms with Gasteiger partial charge in [0.2, 0.25) is 5.91 Å². The SMILES string of the molecule is CCC[C@]1(C(=O)O)CN(C(=O)Cc2cccc3ccccc23)CC[C@H]1O. The van der Waals surface area contributed by atoms with Gasteiger partial charge in [-0.3, -0.25) is 9.59 Å². The fourth-order valence-electron chi connectivity index (χ4n) is 4.02. The zero-order chi connectivity index (χ0) is 18.7. The van der Waals surface area contributed by atoms with Gasteiger partial charge < -0.3 is 15.1 Å². The molecular weight excluding hydrogens is 330 g/mol. The minimum atomic E-state index is -1.26. The van der Waals surface area contributed by atoms with Crippen LogP contribution in [0.3, 0.4) is 0 Å². The van der Waals surface area contributed by atoms with Crippen molar-refractivity contribution in [3.63, 3.8) is 0 Å². The average Bonchev–Trinajstić information content (AvgIpc) is 2.64. The van der Waals surface area contributed by atoms with Gasteiger partial charge in [-0.1, -0.05) is 55.8 Å². The third-order valence-corrected chi connectivity index (χ3v) is 5.48. The quantitative estimate of drug-likeness (QED) is 0.864. The van der Waals surface area contributed by atoms with E-state index in [1.165, 1.54) is 0 Å². The molecular formula is C21H25NO4. The summed E-state index contributed by atoms with van der Waals surface area (Å²) in [5.41, 5.74) is -0.322. The molecule has 1 fully saturated rings. The summed E-state index contributed by atoms with van der Waals surface area (Å²) in [6, 6.07) is 13.8. The first kappa shape index (κ1) is 18.4. The molecule has 26 heavy (non-hydrogen) atoms. The van der Waals surface area contributed by atoms with Crippen LogP contribution in [-0.4, -0.2) is 46.2 Å². The zero-order valence-corrected chi connectivity index (χ0v) is 15.0. The van der Waals surface area contributed by atoms with E-state index in [2.05, 4.69) is 0 Å². The molecule has 0 radical (unpaired) electrons. The summed E-state index contributed by atoms with van der Waals surface area (Å²) in [5.74, 6) is -1.11. The number of benzene rings is 2. The van der Waals surface area contributed by atoms with Crippen molar-refractivity contribution in [3.05, 3.63) is 48.0 Å². The predicted octanol–water partition coefficient (Wildman–Crippen LogP) is 2.85. The van der Waals surface area contributed by atoms with Gasteiger partial charge in [-0.05, 0) is 29.2 Å². The minimum Gasteiger partial charge on any atom is -0.481 e. The van der Waals surface area contributed by atoms with E-state index >= 15 is 0 Å². The van der Waals surface area contributed by atoms with Gasteiger partial charge in [0.25, 0.3) is 0 Å². The number of aliphatic carboxylic acids is 1. The second kappa shape index (κ2) is 7.46. The van der Waals surface area contributed by atoms with Crippen LogP contribution in [0, 0.1) is 5.41 Å². The molecule has 1 heterocycles. The molecule has 2 atom stereocenters. The lowest BCUT2D eigenvalue weighted by atomic mass is 9.74. The van der Waals surface area contributed by atoms with E-state index in [4.69, 9.17) is 0 Å². The molecule has 1 aliphatic rings. The van der Waals surface area contributed by atoms with Crippen LogP contribution >= 0.6 is 0 Å². The van der Waals surface area contributed by atoms with E-state index in [-0.39, 0.29) is 18.9 Å². The number of carbonyl (C=O) groups is 2. The molecule has 2 N–H and O–H groups in total. The van der Waals surface area contributed by atoms with E-state index in [0.29, 0.717) is 25.8 Å². The summed E-state index contributed by atoms with van der Waals surface area (Å²) < 4.78 is 0. The van der Waals surface area contributed by atoms with Crippen molar-refractivity contribution in [2.24, 2.45) is 5.41 Å². The van der Waals surface area contributed by atoms with Crippen LogP contribution < -0.4 is 0 Å². The maximum Gasteiger partial charge on any atom is 0.314 e. The number of nitrogens with zero attached hydrogens (tertiary/aromatic N) is 1. The van der Waals surface area contributed by atoms with Gasteiger partial charge >= 0.3 is 5.97 Å². The number of rotatable bonds is 5. The summed E-state index contributed by atoms with van der Waals surface area (Å²) in [6.07, 6.45) is 0.630. The molecule has 0 spiro atoms. The molecule has 2 aromatic carbocycles. The number of fused-ring (bicyclic) bond motifs is 1. The summed E-state index contributed by atoms with van der Waals surface area (Å²) in [4.78, 5) is 26.4. The van der Waals surface area contributed by atoms with Crippen LogP contribution in [0.4, 0.5) is 0 Å². The van der Waals surface area contributed by atoms with Crippen molar-refractivity contribution in [1.82, 2.24) is 4.90 Å². The molecule has 0 unspecified atom stereocenters. The smallest absolute Gasteiger partial charge is 0.314 e. The maximum atomic E-state index is 12.9. The van der Waals surface area contributed by atoms with Crippen molar-refractivity contribution < 1.29 is 19.8 Å². The third kappa shape index (κ3) is 3.31. The lowest BCUT2D eigenvalue weighted by Crippen LogP contribution is -2.57. The largest absolute Gasteiger partial charge is 0.481 e. The van der Waals surface area contributed by atoms with Gasteiger partial charge in [-0.2, -0.15) is 0 Å². The first-order chi connectivity index (χ1) is 12.5. The molecule has 2 aromatic rings. The number of aliphatic hydroxyl groups excluding tert-OH is 1. The molecule has 0 saturated carbocycles. The third-order valence-electron chi connectivity index (χ3n) is 5.48. The number of hydrogen-bond acceptors (Lipinski definition) is 3. The summed E-state index contributed by atoms with van der Waals surface area (Å²) in [6.45, 7) is 2.36. The van der Waals surface area contributed by atoms with Crippen LogP contribution in [0.2, 0.25) is 0 Å². The van der Waals surface area contributed by atoms with Gasteiger partial charge in [0.05, 0.1) is 12.5 Å². The van der Waals surface area contributed by atoms with Crippen LogP contribution in [-0.2, 0) is 16.0 Å². The van der Waals surface area contributed by atoms with Gasteiger partial charge in [-0.25, -0.2) is 0 Å². The Morgan fingerprint density at radius 2 is 1.92 bits per heavy atom. The van der Waals surface area contributed by atoms with Crippen LogP contribution in [0.1, 0.15) is 31.7 Å². The van der Waals surface area contributed by atoms with E-state index in [1.807, 2.05) is 49.4 Å². The van der Waals surface area contributed by atoms with Crippen molar-refractivity contribution in [2.75, 3.05) is 13.1 Å². The number of carboxylic acids is 1. The summed E-state index contributed by atoms with van der Waals surface area (Å²) >= 11 is 0. The molecule has 0 bridgehead atoms. The first-order valence-electron chi connectivity index (χ1n) is 9.14. The highest BCUT2D eigenvalue weighted by Crippen LogP contribution is 2.36. The summed E-state index contributed by atoms with van der Waals surface area (Å²) in [5, 5.41) is 22.2. The van der Waals surface area contributed by atoms with Crippen molar-refractivity contribution in [3.8, 4) is 0 Å². The average molecular weight is 355 g/mol. The standard InChI is InChI=1S/C21H25NO4/c1-2-11-21(20(25)26)14-22(12-10-18(21)23)19(24)13-16-8-5-7-15-6-3-4-9-17(15)16/h3-9,18,23H,2,10-14H2,1H3,(H,25,26)/t18-,21+/m1/s1. The van der Waals surface area contributed by atoms with Crippen LogP contribution in [0.5, 0.6) is 0 Å². The Labute approximate surface area is 153 Å². The van der Waals surface area contributed by atoms with E-state index in [0.717, 1.165) is 16.3 Å². The highest BCUT2D eigenvalue weighted by Gasteiger charge is 2.49. The predicted molar refractivity (Wildman–Crippen MR) is 99.8 cm³/mol. The van der Waals surface area contributed by atoms with Crippen LogP contribution in [0.15, 0.2) is 42.5 Å². The molecule has 1 amide bonds. The number of likely N-dealkylation sites (tertiary alicyclic amines) is 1. The number of aliphatic hydroxyl groups is 1. The van der Waals surface area contributed by atoms with Gasteiger partial charge in [0, 0.05) is 13.1 Å². The highest BCUT2D eigenvalue weighted by atomic mass is 16.4. The monoisotopic (exact) mass is 355 g/mol. The second-order valence-electron chi connectivity index (χ2n) is 7.15. The van der Waals surface area contributed by atoms with Crippen molar-refractivity contribution in [1.29, 1.82) is 0 Å². The minimum absolute atomic E-state index is 0.0704. The fourth-order valence-corrected chi connectivity index (χ4v) is 4.02. The Bertz CT molecular complexity index is 813. The van der Waals surface area contributed by atoms with Gasteiger partial charge in [-0.15, -0.1) is 0 Å². The zero-order valence-electron chi connectivity index (χ0n) is 15.0. The lowest BCUT2D eigenvalue weighted by molar-refractivity contribution is -0.166. The van der Waals surface area contributed by atoms with E-state index < -0.39 is 17.5 Å². The normalized spacial score (nSPS) is 23.2. The second-order valence-corrected chi connectivity index (χ2v) is 7.15. The molecule has 1 aliphatic heterocycles. The number of carboxylic acid groups (broad SMARTS) is 1. The Morgan fingerprint density at radius 3 is 2.65 bits per heavy atom. The van der Waals surface area contributed by atoms with Crippen molar-refractivity contribution in [2.45, 2.75) is 38.7 Å². The Kier molecular flexibility index (Phi) is 5.28. The Hall–Kier alpha value is -2.40. The molecule has 138 valence electrons. The molecule has 3 rings (SSSR count). The fraction of sp³-hybridized carbons (Fsp3) is 0.429. The van der Waals surface area contributed by atoms with Gasteiger partial charge in [0.1, 0.15) is 5.41 Å². The number of amides is 1. The molecule has 1 saturated heterocycles.